The molecule has 1 amide bonds. The van der Waals surface area contributed by atoms with Gasteiger partial charge in [-0.05, 0) is 93.1 Å². The molecule has 2 aromatic heterocycles. The number of phenolic OH excluding ortho intramolecular Hbond substituents is 1. The van der Waals surface area contributed by atoms with Crippen LogP contribution in [0.1, 0.15) is 47.1 Å². The van der Waals surface area contributed by atoms with Gasteiger partial charge >= 0.3 is 6.09 Å². The third-order valence-electron chi connectivity index (χ3n) is 9.05. The number of carbonyl (C=O) groups is 1. The van der Waals surface area contributed by atoms with Crippen LogP contribution in [0.15, 0.2) is 95.8 Å². The second-order valence-electron chi connectivity index (χ2n) is 12.6. The molecule has 1 aliphatic heterocycles. The van der Waals surface area contributed by atoms with Crippen LogP contribution in [0.5, 0.6) is 5.75 Å². The second-order valence-corrected chi connectivity index (χ2v) is 13.8. The molecular formula is C39H44N4O5S. The van der Waals surface area contributed by atoms with Crippen molar-refractivity contribution in [1.82, 2.24) is 15.2 Å². The molecule has 10 heteroatoms. The van der Waals surface area contributed by atoms with Crippen molar-refractivity contribution in [1.29, 1.82) is 0 Å². The summed E-state index contributed by atoms with van der Waals surface area (Å²) < 4.78 is 5.80. The molecule has 0 aliphatic carbocycles. The maximum absolute atomic E-state index is 12.7. The number of H-pyrrole nitrogens is 1. The van der Waals surface area contributed by atoms with Gasteiger partial charge in [-0.25, -0.2) is 4.79 Å². The van der Waals surface area contributed by atoms with E-state index in [1.165, 1.54) is 21.9 Å². The number of benzene rings is 3. The van der Waals surface area contributed by atoms with E-state index in [1.807, 2.05) is 65.9 Å². The smallest absolute Gasteiger partial charge is 0.411 e. The summed E-state index contributed by atoms with van der Waals surface area (Å²) in [6.45, 7) is 4.06. The number of hydrogen-bond donors (Lipinski definition) is 5. The van der Waals surface area contributed by atoms with E-state index in [-0.39, 0.29) is 17.4 Å². The zero-order chi connectivity index (χ0) is 34.0. The number of carbonyl (C=O) groups excluding carboxylic acids is 1. The summed E-state index contributed by atoms with van der Waals surface area (Å²) in [6, 6.07) is 28.5. The zero-order valence-electron chi connectivity index (χ0n) is 27.6. The van der Waals surface area contributed by atoms with Gasteiger partial charge in [0, 0.05) is 46.4 Å². The van der Waals surface area contributed by atoms with Gasteiger partial charge in [-0.15, -0.1) is 11.3 Å². The van der Waals surface area contributed by atoms with Crippen LogP contribution in [-0.4, -0.2) is 65.0 Å². The van der Waals surface area contributed by atoms with Crippen molar-refractivity contribution in [3.8, 4) is 16.9 Å². The number of phenols is 1. The molecule has 1 fully saturated rings. The monoisotopic (exact) mass is 680 g/mol. The minimum Gasteiger partial charge on any atom is -0.506 e. The van der Waals surface area contributed by atoms with Crippen LogP contribution >= 0.6 is 11.3 Å². The third kappa shape index (κ3) is 9.36. The van der Waals surface area contributed by atoms with Gasteiger partial charge in [0.1, 0.15) is 11.9 Å². The van der Waals surface area contributed by atoms with Gasteiger partial charge in [-0.1, -0.05) is 54.6 Å². The van der Waals surface area contributed by atoms with E-state index in [0.29, 0.717) is 23.0 Å². The van der Waals surface area contributed by atoms with E-state index < -0.39 is 12.2 Å². The fraction of sp³-hybridized carbons (Fsp3) is 0.333. The van der Waals surface area contributed by atoms with Gasteiger partial charge in [-0.3, -0.25) is 10.1 Å². The highest BCUT2D eigenvalue weighted by Gasteiger charge is 2.23. The summed E-state index contributed by atoms with van der Waals surface area (Å²) in [5, 5.41) is 27.8. The molecule has 49 heavy (non-hydrogen) atoms. The Morgan fingerprint density at radius 1 is 0.918 bits per heavy atom. The molecule has 0 bridgehead atoms. The van der Waals surface area contributed by atoms with Crippen LogP contribution in [0.2, 0.25) is 0 Å². The number of likely N-dealkylation sites (tertiary alicyclic amines) is 1. The van der Waals surface area contributed by atoms with Gasteiger partial charge in [0.05, 0.1) is 17.3 Å². The van der Waals surface area contributed by atoms with Crippen LogP contribution in [0.25, 0.3) is 22.0 Å². The van der Waals surface area contributed by atoms with Crippen molar-refractivity contribution in [3.63, 3.8) is 0 Å². The van der Waals surface area contributed by atoms with E-state index >= 15 is 0 Å². The van der Waals surface area contributed by atoms with Crippen molar-refractivity contribution in [2.75, 3.05) is 38.0 Å². The van der Waals surface area contributed by atoms with E-state index in [9.17, 15) is 19.8 Å². The van der Waals surface area contributed by atoms with Crippen molar-refractivity contribution < 1.29 is 19.7 Å². The number of nitrogens with zero attached hydrogens (tertiary/aromatic N) is 1. The highest BCUT2D eigenvalue weighted by Crippen LogP contribution is 2.29. The van der Waals surface area contributed by atoms with E-state index in [2.05, 4.69) is 32.7 Å². The Balaban J connectivity index is 0.850. The maximum Gasteiger partial charge on any atom is 0.411 e. The van der Waals surface area contributed by atoms with Crippen molar-refractivity contribution >= 4 is 34.0 Å². The van der Waals surface area contributed by atoms with E-state index in [0.717, 1.165) is 81.5 Å². The fourth-order valence-electron chi connectivity index (χ4n) is 6.46. The number of piperidine rings is 1. The molecule has 6 rings (SSSR count). The number of amides is 1. The molecule has 256 valence electrons. The Labute approximate surface area is 290 Å². The molecule has 9 nitrogen and oxygen atoms in total. The molecule has 3 heterocycles. The maximum atomic E-state index is 12.7. The number of thiophene rings is 1. The molecule has 5 N–H and O–H groups in total. The van der Waals surface area contributed by atoms with Crippen LogP contribution in [0, 0.1) is 0 Å². The molecule has 1 aliphatic rings. The number of aromatic amines is 1. The number of aliphatic hydroxyl groups excluding tert-OH is 1. The van der Waals surface area contributed by atoms with E-state index in [1.54, 1.807) is 12.1 Å². The summed E-state index contributed by atoms with van der Waals surface area (Å²) in [7, 11) is 0. The number of ether oxygens (including phenoxy) is 1. The van der Waals surface area contributed by atoms with Gasteiger partial charge in [0.2, 0.25) is 5.56 Å². The molecule has 3 aromatic carbocycles. The quantitative estimate of drug-likeness (QED) is 0.0811. The van der Waals surface area contributed by atoms with Gasteiger partial charge in [0.15, 0.2) is 0 Å². The minimum atomic E-state index is -0.756. The zero-order valence-corrected chi connectivity index (χ0v) is 28.4. The lowest BCUT2D eigenvalue weighted by molar-refractivity contribution is 0.0587. The molecule has 0 saturated carbocycles. The number of aromatic hydroxyl groups is 1. The number of hydrogen-bond acceptors (Lipinski definition) is 8. The highest BCUT2D eigenvalue weighted by molar-refractivity contribution is 7.11. The number of fused-ring (bicyclic) bond motifs is 1. The number of nitrogens with one attached hydrogen (secondary N) is 3. The first kappa shape index (κ1) is 34.4. The Morgan fingerprint density at radius 2 is 1.65 bits per heavy atom. The lowest BCUT2D eigenvalue weighted by Crippen LogP contribution is -2.39. The van der Waals surface area contributed by atoms with Crippen molar-refractivity contribution in [3.05, 3.63) is 117 Å². The lowest BCUT2D eigenvalue weighted by atomic mass is 10.0. The average molecular weight is 681 g/mol. The van der Waals surface area contributed by atoms with E-state index in [4.69, 9.17) is 4.74 Å². The number of para-hydroxylation sites is 1. The summed E-state index contributed by atoms with van der Waals surface area (Å²) in [5.74, 6) is -0.0117. The fourth-order valence-corrected chi connectivity index (χ4v) is 7.56. The Kier molecular flexibility index (Phi) is 11.8. The van der Waals surface area contributed by atoms with Crippen LogP contribution in [-0.2, 0) is 17.6 Å². The number of pyridine rings is 1. The highest BCUT2D eigenvalue weighted by atomic mass is 32.1. The van der Waals surface area contributed by atoms with Crippen LogP contribution in [0.4, 0.5) is 10.5 Å². The summed E-state index contributed by atoms with van der Waals surface area (Å²) in [5.41, 5.74) is 3.49. The number of aliphatic hydroxyl groups is 1. The Hall–Kier alpha value is -4.48. The SMILES string of the molecule is O=C(Nc1ccccc1-c1ccccc1)OC1CCN(CCCc2ccc(CCCNCC(O)c3ccc(O)c4[nH]c(=O)ccc34)s2)CC1. The molecule has 1 saturated heterocycles. The predicted molar refractivity (Wildman–Crippen MR) is 196 cm³/mol. The second kappa shape index (κ2) is 16.8. The summed E-state index contributed by atoms with van der Waals surface area (Å²) in [6.07, 6.45) is 4.56. The van der Waals surface area contributed by atoms with Crippen LogP contribution < -0.4 is 16.2 Å². The van der Waals surface area contributed by atoms with Crippen LogP contribution in [0.3, 0.4) is 0 Å². The molecular weight excluding hydrogens is 637 g/mol. The molecule has 0 spiro atoms. The Morgan fingerprint density at radius 3 is 2.45 bits per heavy atom. The number of aryl methyl sites for hydroxylation is 2. The molecule has 0 radical (unpaired) electrons. The molecule has 5 aromatic rings. The average Bonchev–Trinajstić information content (AvgIpc) is 3.57. The lowest BCUT2D eigenvalue weighted by Gasteiger charge is -2.31. The minimum absolute atomic E-state index is 0.0117. The van der Waals surface area contributed by atoms with Gasteiger partial charge in [0.25, 0.3) is 0 Å². The number of anilines is 1. The first-order chi connectivity index (χ1) is 23.9. The topological polar surface area (TPSA) is 127 Å². The normalized spacial score (nSPS) is 14.6. The summed E-state index contributed by atoms with van der Waals surface area (Å²) in [4.78, 5) is 32.3. The standard InChI is InChI=1S/C39H44N4O5S/c44-35-18-16-32(33-17-19-37(46)42-38(33)35)36(45)26-40-22-6-10-29-14-15-30(49-29)11-7-23-43-24-20-28(21-25-43)48-39(47)41-34-13-5-4-12-31(34)27-8-2-1-3-9-27/h1-5,8-9,12-19,28,36,40,44-45H,6-7,10-11,20-26H2,(H,41,47)(H,42,46). The van der Waals surface area contributed by atoms with Gasteiger partial charge < -0.3 is 30.2 Å². The third-order valence-corrected chi connectivity index (χ3v) is 10.3. The number of rotatable bonds is 14. The summed E-state index contributed by atoms with van der Waals surface area (Å²) >= 11 is 1.88. The van der Waals surface area contributed by atoms with Crippen molar-refractivity contribution in [2.45, 2.75) is 50.7 Å². The first-order valence-electron chi connectivity index (χ1n) is 17.1. The Bertz CT molecular complexity index is 1880. The number of aromatic nitrogens is 1. The van der Waals surface area contributed by atoms with Gasteiger partial charge in [-0.2, -0.15) is 0 Å². The first-order valence-corrected chi connectivity index (χ1v) is 17.9. The largest absolute Gasteiger partial charge is 0.506 e. The molecule has 1 atom stereocenters. The predicted octanol–water partition coefficient (Wildman–Crippen LogP) is 6.86. The van der Waals surface area contributed by atoms with Crippen molar-refractivity contribution in [2.24, 2.45) is 0 Å². The molecule has 1 unspecified atom stereocenters.